The number of pyridine rings is 2. The van der Waals surface area contributed by atoms with Crippen molar-refractivity contribution in [2.24, 2.45) is 0 Å². The molecule has 0 saturated carbocycles. The van der Waals surface area contributed by atoms with Crippen LogP contribution in [0, 0.1) is 0 Å². The van der Waals surface area contributed by atoms with Crippen LogP contribution in [0.4, 0.5) is 15.4 Å². The molecule has 0 aromatic carbocycles. The second kappa shape index (κ2) is 9.78. The van der Waals surface area contributed by atoms with E-state index in [4.69, 9.17) is 25.8 Å². The van der Waals surface area contributed by atoms with Crippen LogP contribution in [-0.2, 0) is 19.0 Å². The van der Waals surface area contributed by atoms with Crippen LogP contribution in [0.15, 0.2) is 34.9 Å². The lowest BCUT2D eigenvalue weighted by Crippen LogP contribution is -2.52. The van der Waals surface area contributed by atoms with Crippen molar-refractivity contribution in [1.29, 1.82) is 0 Å². The number of piperazine rings is 1. The molecule has 11 nitrogen and oxygen atoms in total. The Morgan fingerprint density at radius 1 is 1.11 bits per heavy atom. The Morgan fingerprint density at radius 2 is 1.83 bits per heavy atom. The third-order valence-electron chi connectivity index (χ3n) is 5.71. The Bertz CT molecular complexity index is 1220. The molecule has 2 aromatic heterocycles. The third-order valence-corrected chi connectivity index (χ3v) is 6.99. The van der Waals surface area contributed by atoms with Gasteiger partial charge in [0, 0.05) is 37.3 Å². The van der Waals surface area contributed by atoms with Crippen molar-refractivity contribution in [3.8, 4) is 0 Å². The molecule has 1 saturated heterocycles. The van der Waals surface area contributed by atoms with Crippen molar-refractivity contribution < 1.29 is 28.6 Å². The summed E-state index contributed by atoms with van der Waals surface area (Å²) < 4.78 is 16.5. The third kappa shape index (κ3) is 4.55. The van der Waals surface area contributed by atoms with Crippen molar-refractivity contribution in [1.82, 2.24) is 19.8 Å². The van der Waals surface area contributed by atoms with Crippen molar-refractivity contribution in [3.63, 3.8) is 0 Å². The van der Waals surface area contributed by atoms with E-state index in [0.717, 1.165) is 5.39 Å². The monoisotopic (exact) mass is 519 g/mol. The van der Waals surface area contributed by atoms with Gasteiger partial charge in [-0.05, 0) is 31.2 Å². The van der Waals surface area contributed by atoms with Gasteiger partial charge in [-0.15, -0.1) is 11.8 Å². The molecule has 1 atom stereocenters. The van der Waals surface area contributed by atoms with Crippen LogP contribution >= 0.6 is 23.4 Å². The van der Waals surface area contributed by atoms with Gasteiger partial charge < -0.3 is 24.0 Å². The first-order valence-corrected chi connectivity index (χ1v) is 12.5. The number of aromatic nitrogens is 2. The van der Waals surface area contributed by atoms with E-state index in [-0.39, 0.29) is 36.4 Å². The predicted octanol–water partition coefficient (Wildman–Crippen LogP) is 2.84. The van der Waals surface area contributed by atoms with E-state index in [1.54, 1.807) is 36.1 Å². The van der Waals surface area contributed by atoms with E-state index in [2.05, 4.69) is 9.97 Å². The smallest absolute Gasteiger partial charge is 0.412 e. The number of nitrogens with zero attached hydrogens (tertiary/aromatic N) is 5. The summed E-state index contributed by atoms with van der Waals surface area (Å²) in [4.78, 5) is 51.9. The van der Waals surface area contributed by atoms with Crippen LogP contribution in [0.25, 0.3) is 11.0 Å². The average molecular weight is 520 g/mol. The van der Waals surface area contributed by atoms with Crippen LogP contribution in [0.2, 0.25) is 5.15 Å². The molecule has 3 aliphatic rings. The fraction of sp³-hybridized carbons (Fsp3) is 0.409. The fourth-order valence-electron chi connectivity index (χ4n) is 4.00. The van der Waals surface area contributed by atoms with Crippen LogP contribution < -0.4 is 4.90 Å². The normalized spacial score (nSPS) is 20.1. The summed E-state index contributed by atoms with van der Waals surface area (Å²) in [7, 11) is 0. The number of halogens is 1. The van der Waals surface area contributed by atoms with E-state index in [1.807, 2.05) is 0 Å². The summed E-state index contributed by atoms with van der Waals surface area (Å²) in [6.45, 7) is 3.62. The molecular formula is C22H22ClN5O6S. The number of ether oxygens (including phenoxy) is 3. The quantitative estimate of drug-likeness (QED) is 0.564. The van der Waals surface area contributed by atoms with Crippen LogP contribution in [-0.4, -0.2) is 89.2 Å². The molecule has 5 heterocycles. The molecule has 0 aliphatic carbocycles. The molecule has 3 aliphatic heterocycles. The van der Waals surface area contributed by atoms with Crippen LogP contribution in [0.3, 0.4) is 0 Å². The fourth-order valence-corrected chi connectivity index (χ4v) is 5.11. The first kappa shape index (κ1) is 23.5. The number of anilines is 1. The molecule has 3 amide bonds. The minimum absolute atomic E-state index is 0.159. The second-order valence-corrected chi connectivity index (χ2v) is 9.35. The molecule has 1 unspecified atom stereocenters. The van der Waals surface area contributed by atoms with E-state index < -0.39 is 24.3 Å². The maximum Gasteiger partial charge on any atom is 0.412 e. The van der Waals surface area contributed by atoms with Crippen molar-refractivity contribution in [3.05, 3.63) is 40.1 Å². The maximum atomic E-state index is 13.3. The average Bonchev–Trinajstić information content (AvgIpc) is 3.15. The topological polar surface area (TPSA) is 114 Å². The van der Waals surface area contributed by atoms with Gasteiger partial charge in [-0.3, -0.25) is 4.79 Å². The Hall–Kier alpha value is -3.25. The Labute approximate surface area is 209 Å². The lowest BCUT2D eigenvalue weighted by molar-refractivity contribution is -0.118. The number of rotatable bonds is 3. The molecule has 0 radical (unpaired) electrons. The largest absolute Gasteiger partial charge is 0.486 e. The molecule has 184 valence electrons. The molecule has 2 aromatic rings. The second-order valence-electron chi connectivity index (χ2n) is 7.82. The summed E-state index contributed by atoms with van der Waals surface area (Å²) in [6, 6.07) is 6.87. The zero-order valence-corrected chi connectivity index (χ0v) is 20.4. The molecule has 0 bridgehead atoms. The lowest BCUT2D eigenvalue weighted by Gasteiger charge is -2.34. The Morgan fingerprint density at radius 3 is 2.57 bits per heavy atom. The summed E-state index contributed by atoms with van der Waals surface area (Å²) in [6.07, 6.45) is -2.03. The highest BCUT2D eigenvalue weighted by atomic mass is 35.5. The highest BCUT2D eigenvalue weighted by molar-refractivity contribution is 8.03. The van der Waals surface area contributed by atoms with Crippen molar-refractivity contribution >= 4 is 58.3 Å². The van der Waals surface area contributed by atoms with Gasteiger partial charge in [0.05, 0.1) is 18.1 Å². The van der Waals surface area contributed by atoms with E-state index in [9.17, 15) is 14.4 Å². The lowest BCUT2D eigenvalue weighted by atomic mass is 10.3. The number of amides is 3. The van der Waals surface area contributed by atoms with E-state index in [0.29, 0.717) is 36.0 Å². The van der Waals surface area contributed by atoms with Gasteiger partial charge >= 0.3 is 12.2 Å². The van der Waals surface area contributed by atoms with Crippen molar-refractivity contribution in [2.45, 2.75) is 13.2 Å². The number of thioether (sulfide) groups is 1. The minimum Gasteiger partial charge on any atom is -0.486 e. The summed E-state index contributed by atoms with van der Waals surface area (Å²) in [5, 5.41) is 1.03. The number of carbonyl (C=O) groups excluding carboxylic acids is 3. The molecule has 13 heteroatoms. The first-order valence-electron chi connectivity index (χ1n) is 11.1. The zero-order chi connectivity index (χ0) is 24.5. The van der Waals surface area contributed by atoms with Gasteiger partial charge in [-0.1, -0.05) is 11.6 Å². The predicted molar refractivity (Wildman–Crippen MR) is 128 cm³/mol. The first-order chi connectivity index (χ1) is 17.0. The van der Waals surface area contributed by atoms with Gasteiger partial charge in [0.2, 0.25) is 6.23 Å². The molecule has 35 heavy (non-hydrogen) atoms. The molecule has 0 spiro atoms. The number of fused-ring (bicyclic) bond motifs is 1. The van der Waals surface area contributed by atoms with Gasteiger partial charge in [-0.25, -0.2) is 24.5 Å². The summed E-state index contributed by atoms with van der Waals surface area (Å²) in [5.74, 6) is 0.605. The molecular weight excluding hydrogens is 498 g/mol. The molecule has 5 rings (SSSR count). The Kier molecular flexibility index (Phi) is 6.56. The van der Waals surface area contributed by atoms with Gasteiger partial charge in [0.15, 0.2) is 11.4 Å². The molecule has 1 fully saturated rings. The van der Waals surface area contributed by atoms with Crippen LogP contribution in [0.5, 0.6) is 0 Å². The minimum atomic E-state index is -1.03. The standard InChI is InChI=1S/C22H22ClN5O6S/c1-2-32-21(30)26-7-9-27(10-8-26)22(31)34-20-17-16(33-11-12-35-17)19(29)28(20)15-6-4-13-3-5-14(23)24-18(13)25-15/h3-6,20H,2,7-12H2,1H3. The van der Waals surface area contributed by atoms with E-state index in [1.165, 1.54) is 21.6 Å². The summed E-state index contributed by atoms with van der Waals surface area (Å²) in [5.41, 5.74) is 0.362. The maximum absolute atomic E-state index is 13.3. The van der Waals surface area contributed by atoms with Crippen LogP contribution in [0.1, 0.15) is 6.92 Å². The SMILES string of the molecule is CCOC(=O)N1CCN(C(=O)OC2C3=C(OCCS3)C(=O)N2c2ccc3ccc(Cl)nc3n2)CC1. The van der Waals surface area contributed by atoms with Crippen molar-refractivity contribution in [2.75, 3.05) is 50.0 Å². The van der Waals surface area contributed by atoms with Gasteiger partial charge in [0.1, 0.15) is 11.0 Å². The Balaban J connectivity index is 1.37. The number of hydrogen-bond acceptors (Lipinski definition) is 9. The number of carbonyl (C=O) groups is 3. The van der Waals surface area contributed by atoms with Gasteiger partial charge in [0.25, 0.3) is 5.91 Å². The zero-order valence-electron chi connectivity index (χ0n) is 18.8. The summed E-state index contributed by atoms with van der Waals surface area (Å²) >= 11 is 7.43. The highest BCUT2D eigenvalue weighted by Gasteiger charge is 2.47. The van der Waals surface area contributed by atoms with E-state index >= 15 is 0 Å². The molecule has 0 N–H and O–H groups in total. The highest BCUT2D eigenvalue weighted by Crippen LogP contribution is 2.40. The number of hydrogen-bond donors (Lipinski definition) is 0. The van der Waals surface area contributed by atoms with Gasteiger partial charge in [-0.2, -0.15) is 0 Å².